The van der Waals surface area contributed by atoms with E-state index in [-0.39, 0.29) is 23.8 Å². The van der Waals surface area contributed by atoms with Crippen molar-refractivity contribution in [3.8, 4) is 21.7 Å². The van der Waals surface area contributed by atoms with Crippen LogP contribution in [0.5, 0.6) is 0 Å². The summed E-state index contributed by atoms with van der Waals surface area (Å²) in [5.41, 5.74) is 2.57. The SMILES string of the molecule is COC(=O)NC(C(=O)N1CCCC1c1ncc(-c2ccc(-c3cn4cc(NC(=O)C5CCCN5C(=O)C(NC(=O)OC(C)(C)C)c5ccccc5)nc4s3)cc2)[nH]1)C(C)C. The van der Waals surface area contributed by atoms with Gasteiger partial charge in [-0.3, -0.25) is 18.8 Å². The third-order valence-electron chi connectivity index (χ3n) is 10.6. The van der Waals surface area contributed by atoms with Crippen LogP contribution >= 0.6 is 11.3 Å². The van der Waals surface area contributed by atoms with Crippen LogP contribution in [-0.2, 0) is 23.9 Å². The number of anilines is 1. The van der Waals surface area contributed by atoms with Crippen LogP contribution in [0.2, 0.25) is 0 Å². The van der Waals surface area contributed by atoms with Crippen molar-refractivity contribution in [3.63, 3.8) is 0 Å². The van der Waals surface area contributed by atoms with Gasteiger partial charge in [-0.15, -0.1) is 0 Å². The number of likely N-dealkylation sites (tertiary alicyclic amines) is 2. The van der Waals surface area contributed by atoms with Crippen molar-refractivity contribution in [1.82, 2.24) is 39.8 Å². The fourth-order valence-corrected chi connectivity index (χ4v) is 8.66. The number of H-pyrrole nitrogens is 1. The van der Waals surface area contributed by atoms with Gasteiger partial charge in [0.05, 0.1) is 36.1 Å². The summed E-state index contributed by atoms with van der Waals surface area (Å²) in [6, 6.07) is 14.3. The van der Waals surface area contributed by atoms with Crippen LogP contribution in [0, 0.1) is 5.92 Å². The number of thiazole rings is 1. The predicted octanol–water partition coefficient (Wildman–Crippen LogP) is 6.69. The van der Waals surface area contributed by atoms with E-state index in [0.29, 0.717) is 48.1 Å². The van der Waals surface area contributed by atoms with Crippen molar-refractivity contribution in [2.24, 2.45) is 5.92 Å². The first kappa shape index (κ1) is 41.9. The molecule has 0 spiro atoms. The van der Waals surface area contributed by atoms with Gasteiger partial charge in [-0.25, -0.2) is 19.6 Å². The number of aromatic nitrogens is 4. The molecule has 4 N–H and O–H groups in total. The molecule has 0 saturated carbocycles. The Balaban J connectivity index is 0.991. The van der Waals surface area contributed by atoms with Crippen LogP contribution in [0.25, 0.3) is 26.7 Å². The van der Waals surface area contributed by atoms with Gasteiger partial charge in [0.2, 0.25) is 11.8 Å². The molecule has 3 aromatic heterocycles. The van der Waals surface area contributed by atoms with Gasteiger partial charge in [0.15, 0.2) is 10.8 Å². The topological polar surface area (TPSA) is 192 Å². The summed E-state index contributed by atoms with van der Waals surface area (Å²) in [7, 11) is 1.28. The number of nitrogens with one attached hydrogen (secondary N) is 4. The molecule has 2 saturated heterocycles. The van der Waals surface area contributed by atoms with Crippen LogP contribution in [0.1, 0.15) is 83.8 Å². The number of nitrogens with zero attached hydrogens (tertiary/aromatic N) is 5. The van der Waals surface area contributed by atoms with E-state index in [2.05, 4.69) is 30.9 Å². The first-order valence-corrected chi connectivity index (χ1v) is 21.0. The number of carbonyl (C=O) groups excluding carboxylic acids is 5. The Morgan fingerprint density at radius 2 is 1.57 bits per heavy atom. The minimum Gasteiger partial charge on any atom is -0.453 e. The summed E-state index contributed by atoms with van der Waals surface area (Å²) in [5, 5.41) is 8.31. The number of hydrogen-bond acceptors (Lipinski definition) is 10. The van der Waals surface area contributed by atoms with Crippen LogP contribution in [0.3, 0.4) is 0 Å². The Morgan fingerprint density at radius 3 is 2.25 bits per heavy atom. The largest absolute Gasteiger partial charge is 0.453 e. The lowest BCUT2D eigenvalue weighted by molar-refractivity contribution is -0.138. The van der Waals surface area contributed by atoms with Crippen LogP contribution in [0.4, 0.5) is 15.4 Å². The molecule has 7 rings (SSSR count). The Bertz CT molecular complexity index is 2320. The Hall–Kier alpha value is -6.23. The summed E-state index contributed by atoms with van der Waals surface area (Å²) in [5.74, 6) is 0.0438. The van der Waals surface area contributed by atoms with Gasteiger partial charge in [0.25, 0.3) is 5.91 Å². The zero-order valence-corrected chi connectivity index (χ0v) is 35.4. The fraction of sp³-hybridized carbons (Fsp3) is 0.419. The summed E-state index contributed by atoms with van der Waals surface area (Å²) in [6.45, 7) is 9.97. The first-order valence-electron chi connectivity index (χ1n) is 20.1. The van der Waals surface area contributed by atoms with E-state index in [1.54, 1.807) is 62.3 Å². The fourth-order valence-electron chi connectivity index (χ4n) is 7.69. The highest BCUT2D eigenvalue weighted by Gasteiger charge is 2.40. The highest BCUT2D eigenvalue weighted by Crippen LogP contribution is 2.35. The molecule has 2 aliphatic rings. The second kappa shape index (κ2) is 17.6. The molecule has 16 nitrogen and oxygen atoms in total. The van der Waals surface area contributed by atoms with Gasteiger partial charge in [0, 0.05) is 19.3 Å². The molecule has 17 heteroatoms. The molecular weight excluding hydrogens is 787 g/mol. The number of ether oxygens (including phenoxy) is 2. The molecule has 0 bridgehead atoms. The van der Waals surface area contributed by atoms with Gasteiger partial charge >= 0.3 is 12.2 Å². The highest BCUT2D eigenvalue weighted by molar-refractivity contribution is 7.20. The maximum absolute atomic E-state index is 14.0. The van der Waals surface area contributed by atoms with E-state index in [1.807, 2.05) is 54.8 Å². The molecule has 5 heterocycles. The van der Waals surface area contributed by atoms with Gasteiger partial charge in [0.1, 0.15) is 29.6 Å². The van der Waals surface area contributed by atoms with E-state index in [1.165, 1.54) is 23.3 Å². The van der Waals surface area contributed by atoms with E-state index >= 15 is 0 Å². The van der Waals surface area contributed by atoms with Crippen molar-refractivity contribution in [2.75, 3.05) is 25.5 Å². The summed E-state index contributed by atoms with van der Waals surface area (Å²) >= 11 is 1.47. The maximum Gasteiger partial charge on any atom is 0.408 e. The number of benzene rings is 2. The van der Waals surface area contributed by atoms with Crippen molar-refractivity contribution < 1.29 is 33.4 Å². The second-order valence-corrected chi connectivity index (χ2v) is 17.4. The third kappa shape index (κ3) is 9.30. The van der Waals surface area contributed by atoms with Crippen LogP contribution in [0.15, 0.2) is 73.2 Å². The Morgan fingerprint density at radius 1 is 0.867 bits per heavy atom. The van der Waals surface area contributed by atoms with Gasteiger partial charge < -0.3 is 40.2 Å². The van der Waals surface area contributed by atoms with E-state index in [4.69, 9.17) is 9.47 Å². The molecule has 2 aliphatic heterocycles. The van der Waals surface area contributed by atoms with E-state index in [0.717, 1.165) is 34.5 Å². The molecule has 2 aromatic carbocycles. The number of fused-ring (bicyclic) bond motifs is 1. The maximum atomic E-state index is 14.0. The molecule has 0 aliphatic carbocycles. The van der Waals surface area contributed by atoms with Gasteiger partial charge in [-0.1, -0.05) is 79.8 Å². The average molecular weight is 838 g/mol. The number of imidazole rings is 2. The predicted molar refractivity (Wildman–Crippen MR) is 226 cm³/mol. The molecule has 316 valence electrons. The van der Waals surface area contributed by atoms with Gasteiger partial charge in [-0.2, -0.15) is 0 Å². The Labute approximate surface area is 352 Å². The molecule has 4 atom stereocenters. The number of aromatic amines is 1. The van der Waals surface area contributed by atoms with Crippen molar-refractivity contribution in [3.05, 3.63) is 84.6 Å². The Kier molecular flexibility index (Phi) is 12.3. The summed E-state index contributed by atoms with van der Waals surface area (Å²) in [6.07, 6.45) is 6.81. The van der Waals surface area contributed by atoms with Crippen molar-refractivity contribution in [2.45, 2.75) is 90.1 Å². The summed E-state index contributed by atoms with van der Waals surface area (Å²) in [4.78, 5) is 83.6. The number of amides is 5. The zero-order chi connectivity index (χ0) is 42.7. The van der Waals surface area contributed by atoms with Gasteiger partial charge in [-0.05, 0) is 69.1 Å². The summed E-state index contributed by atoms with van der Waals surface area (Å²) < 4.78 is 12.1. The van der Waals surface area contributed by atoms with Crippen LogP contribution < -0.4 is 16.0 Å². The zero-order valence-electron chi connectivity index (χ0n) is 34.6. The lowest BCUT2D eigenvalue weighted by Crippen LogP contribution is -2.51. The lowest BCUT2D eigenvalue weighted by Gasteiger charge is -2.30. The molecular formula is C43H51N9O7S. The highest BCUT2D eigenvalue weighted by atomic mass is 32.1. The number of rotatable bonds is 11. The molecule has 2 fully saturated rings. The third-order valence-corrected chi connectivity index (χ3v) is 11.7. The standard InChI is InChI=1S/C43H51N9O7S/c1-25(2)34(48-41(56)58-6)38(54)51-20-10-14-30(51)36-44-22-29(45-36)26-16-18-27(19-17-26)32-23-50-24-33(47-40(50)60-32)46-37(53)31-15-11-21-52(31)39(55)35(28-12-8-7-9-13-28)49-42(57)59-43(3,4)5/h7-9,12-13,16-19,22-25,30-31,34-35H,10-11,14-15,20-21H2,1-6H3,(H,44,45)(H,46,53)(H,48,56)(H,49,57). The normalized spacial score (nSPS) is 17.7. The number of alkyl carbamates (subject to hydrolysis) is 2. The molecule has 0 radical (unpaired) electrons. The number of hydrogen-bond donors (Lipinski definition) is 4. The molecule has 5 aromatic rings. The lowest BCUT2D eigenvalue weighted by atomic mass is 10.0. The van der Waals surface area contributed by atoms with E-state index in [9.17, 15) is 24.0 Å². The van der Waals surface area contributed by atoms with Crippen molar-refractivity contribution >= 4 is 52.0 Å². The minimum absolute atomic E-state index is 0.122. The number of methoxy groups -OCH3 is 1. The molecule has 60 heavy (non-hydrogen) atoms. The van der Waals surface area contributed by atoms with E-state index < -0.39 is 41.8 Å². The quantitative estimate of drug-likeness (QED) is 0.112. The van der Waals surface area contributed by atoms with Crippen molar-refractivity contribution in [1.29, 1.82) is 0 Å². The smallest absolute Gasteiger partial charge is 0.408 e. The minimum atomic E-state index is -1.03. The molecule has 4 unspecified atom stereocenters. The second-order valence-electron chi connectivity index (χ2n) is 16.4. The monoisotopic (exact) mass is 837 g/mol. The number of carbonyl (C=O) groups is 5. The van der Waals surface area contributed by atoms with Crippen LogP contribution in [-0.4, -0.2) is 96.9 Å². The molecule has 5 amide bonds. The first-order chi connectivity index (χ1) is 28.7. The average Bonchev–Trinajstić information content (AvgIpc) is 4.07.